The Hall–Kier alpha value is 1.10. The number of unbranched alkanes of at least 4 members (excludes halogenated alkanes) is 36. The fourth-order valence-electron chi connectivity index (χ4n) is 8.19. The monoisotopic (exact) mass is 979 g/mol. The van der Waals surface area contributed by atoms with Gasteiger partial charge in [-0.3, -0.25) is 0 Å². The Balaban J connectivity index is -0.000000419. The summed E-state index contributed by atoms with van der Waals surface area (Å²) in [7, 11) is -9.20. The summed E-state index contributed by atoms with van der Waals surface area (Å²) in [5, 5.41) is 0. The van der Waals surface area contributed by atoms with Gasteiger partial charge in [-0.15, -0.1) is 0 Å². The van der Waals surface area contributed by atoms with Gasteiger partial charge < -0.3 is 28.4 Å². The van der Waals surface area contributed by atoms with Gasteiger partial charge in [-0.05, 0) is 75.5 Å². The maximum Gasteiger partial charge on any atom is 3.00 e. The van der Waals surface area contributed by atoms with Crippen LogP contribution in [0.15, 0.2) is 0 Å². The minimum absolute atomic E-state index is 0. The van der Waals surface area contributed by atoms with Gasteiger partial charge in [-0.2, -0.15) is 0 Å². The Labute approximate surface area is 413 Å². The number of rotatable bonds is 48. The summed E-state index contributed by atoms with van der Waals surface area (Å²) in [6.07, 6.45) is 52.7. The van der Waals surface area contributed by atoms with Crippen LogP contribution in [-0.4, -0.2) is 54.3 Å². The molecule has 10 heteroatoms. The maximum atomic E-state index is 11.9. The summed E-state index contributed by atoms with van der Waals surface area (Å²) >= 11 is 0. The molecule has 0 aliphatic heterocycles. The van der Waals surface area contributed by atoms with Crippen molar-refractivity contribution in [1.29, 1.82) is 0 Å². The number of hydrogen-bond donors (Lipinski definition) is 0. The van der Waals surface area contributed by atoms with E-state index in [0.29, 0.717) is 37.0 Å². The predicted octanol–water partition coefficient (Wildman–Crippen LogP) is 18.0. The molecule has 64 heavy (non-hydrogen) atoms. The van der Waals surface area contributed by atoms with Crippen LogP contribution in [0.3, 0.4) is 0 Å². The molecule has 0 unspecified atom stereocenters. The zero-order chi connectivity index (χ0) is 47.4. The fourth-order valence-corrected chi connectivity index (χ4v) is 13.1. The molecule has 0 aromatic carbocycles. The van der Waals surface area contributed by atoms with Crippen molar-refractivity contribution in [3.05, 3.63) is 0 Å². The summed E-state index contributed by atoms with van der Waals surface area (Å²) in [6, 6.07) is 0. The van der Waals surface area contributed by atoms with Crippen molar-refractivity contribution in [1.82, 2.24) is 0 Å². The molecular weight excluding hydrogens is 864 g/mol. The van der Waals surface area contributed by atoms with Crippen molar-refractivity contribution in [3.63, 3.8) is 0 Å². The second-order valence-corrected chi connectivity index (χ2v) is 27.1. The van der Waals surface area contributed by atoms with Crippen LogP contribution in [0, 0.1) is 0 Å². The van der Waals surface area contributed by atoms with E-state index in [1.807, 2.05) is 0 Å². The molecule has 0 N–H and O–H groups in total. The first kappa shape index (κ1) is 71.7. The van der Waals surface area contributed by atoms with E-state index < -0.39 is 22.1 Å². The van der Waals surface area contributed by atoms with E-state index in [0.717, 1.165) is 77.0 Å². The minimum Gasteiger partial charge on any atom is -0.799 e. The standard InChI is InChI=1S/3C18H39O2P.Al/c3*1-3-5-7-9-11-13-15-17-21(19,20)18-16-14-12-10-8-6-4-2;/h3*3-18H2,1-2H3,(H,19,20);/q;;;+3/p-3. The first-order valence-electron chi connectivity index (χ1n) is 28.2. The summed E-state index contributed by atoms with van der Waals surface area (Å²) in [6.45, 7) is 13.3. The van der Waals surface area contributed by atoms with Gasteiger partial charge in [0.1, 0.15) is 0 Å². The number of hydrogen-bond acceptors (Lipinski definition) is 6. The molecule has 0 aliphatic rings. The smallest absolute Gasteiger partial charge is 0.799 e. The van der Waals surface area contributed by atoms with Gasteiger partial charge in [-0.1, -0.05) is 273 Å². The Morgan fingerprint density at radius 1 is 0.203 bits per heavy atom. The van der Waals surface area contributed by atoms with Crippen LogP contribution in [0.2, 0.25) is 0 Å². The van der Waals surface area contributed by atoms with Crippen LogP contribution >= 0.6 is 22.1 Å². The molecular formula is C54H114AlO6P3. The molecule has 0 atom stereocenters. The molecule has 0 radical (unpaired) electrons. The van der Waals surface area contributed by atoms with E-state index >= 15 is 0 Å². The Morgan fingerprint density at radius 3 is 0.406 bits per heavy atom. The van der Waals surface area contributed by atoms with Crippen LogP contribution in [0.25, 0.3) is 0 Å². The SMILES string of the molecule is CCCCCCCCCP(=O)([O-])CCCCCCCCC.CCCCCCCCCP(=O)([O-])CCCCCCCCC.CCCCCCCCCP(=O)([O-])CCCCCCCCC.[Al+3]. The minimum atomic E-state index is -3.07. The summed E-state index contributed by atoms with van der Waals surface area (Å²) in [4.78, 5) is 35.8. The van der Waals surface area contributed by atoms with E-state index in [9.17, 15) is 28.4 Å². The van der Waals surface area contributed by atoms with Crippen molar-refractivity contribution < 1.29 is 28.4 Å². The normalized spacial score (nSPS) is 11.8. The summed E-state index contributed by atoms with van der Waals surface area (Å²) in [5.41, 5.74) is 0. The van der Waals surface area contributed by atoms with Gasteiger partial charge in [0.2, 0.25) is 0 Å². The Morgan fingerprint density at radius 2 is 0.297 bits per heavy atom. The van der Waals surface area contributed by atoms with Crippen molar-refractivity contribution in [2.45, 2.75) is 311 Å². The van der Waals surface area contributed by atoms with E-state index in [-0.39, 0.29) is 17.4 Å². The molecule has 0 bridgehead atoms. The zero-order valence-electron chi connectivity index (χ0n) is 44.3. The average molecular weight is 979 g/mol. The van der Waals surface area contributed by atoms with Crippen LogP contribution in [0.1, 0.15) is 311 Å². The molecule has 0 rings (SSSR count). The molecule has 0 amide bonds. The van der Waals surface area contributed by atoms with Crippen molar-refractivity contribution in [2.24, 2.45) is 0 Å². The molecule has 384 valence electrons. The molecule has 0 saturated carbocycles. The molecule has 0 aromatic heterocycles. The van der Waals surface area contributed by atoms with Crippen LogP contribution in [0.4, 0.5) is 0 Å². The second-order valence-electron chi connectivity index (χ2n) is 19.5. The van der Waals surface area contributed by atoms with Crippen LogP contribution in [-0.2, 0) is 13.7 Å². The average Bonchev–Trinajstić information content (AvgIpc) is 3.25. The van der Waals surface area contributed by atoms with Gasteiger partial charge >= 0.3 is 17.4 Å². The molecule has 0 saturated heterocycles. The maximum absolute atomic E-state index is 11.9. The third kappa shape index (κ3) is 65.2. The van der Waals surface area contributed by atoms with Gasteiger partial charge in [0.05, 0.1) is 0 Å². The molecule has 0 heterocycles. The molecule has 0 spiro atoms. The van der Waals surface area contributed by atoms with E-state index in [2.05, 4.69) is 41.5 Å². The van der Waals surface area contributed by atoms with Crippen LogP contribution in [0.5, 0.6) is 0 Å². The first-order chi connectivity index (χ1) is 30.4. The van der Waals surface area contributed by atoms with Gasteiger partial charge in [-0.25, -0.2) is 0 Å². The first-order valence-corrected chi connectivity index (χ1v) is 34.2. The van der Waals surface area contributed by atoms with E-state index in [4.69, 9.17) is 0 Å². The summed E-state index contributed by atoms with van der Waals surface area (Å²) < 4.78 is 35.8. The third-order valence-electron chi connectivity index (χ3n) is 12.6. The molecule has 0 aliphatic carbocycles. The Kier molecular flexibility index (Phi) is 63.5. The van der Waals surface area contributed by atoms with Gasteiger partial charge in [0.25, 0.3) is 0 Å². The van der Waals surface area contributed by atoms with Crippen LogP contribution < -0.4 is 14.7 Å². The van der Waals surface area contributed by atoms with Gasteiger partial charge in [0.15, 0.2) is 0 Å². The quantitative estimate of drug-likeness (QED) is 0.0340. The summed E-state index contributed by atoms with van der Waals surface area (Å²) in [5.74, 6) is 0. The fraction of sp³-hybridized carbons (Fsp3) is 1.00. The zero-order valence-corrected chi connectivity index (χ0v) is 48.1. The Bertz CT molecular complexity index is 826. The second kappa shape index (κ2) is 56.7. The van der Waals surface area contributed by atoms with E-state index in [1.54, 1.807) is 0 Å². The molecule has 0 aromatic rings. The van der Waals surface area contributed by atoms with Crippen molar-refractivity contribution >= 4 is 39.5 Å². The van der Waals surface area contributed by atoms with Gasteiger partial charge in [0, 0.05) is 22.1 Å². The molecule has 0 fully saturated rings. The molecule has 6 nitrogen and oxygen atoms in total. The largest absolute Gasteiger partial charge is 3.00 e. The predicted molar refractivity (Wildman–Crippen MR) is 286 cm³/mol. The van der Waals surface area contributed by atoms with Crippen molar-refractivity contribution in [3.8, 4) is 0 Å². The topological polar surface area (TPSA) is 120 Å². The van der Waals surface area contributed by atoms with Crippen molar-refractivity contribution in [2.75, 3.05) is 37.0 Å². The third-order valence-corrected chi connectivity index (χ3v) is 18.6. The van der Waals surface area contributed by atoms with E-state index in [1.165, 1.54) is 193 Å².